The van der Waals surface area contributed by atoms with Crippen molar-refractivity contribution in [2.75, 3.05) is 6.54 Å². The number of alkyl halides is 3. The van der Waals surface area contributed by atoms with Crippen LogP contribution in [0.25, 0.3) is 0 Å². The Morgan fingerprint density at radius 2 is 1.86 bits per heavy atom. The molecule has 0 spiro atoms. The Kier molecular flexibility index (Phi) is 2.08. The molecule has 0 aromatic rings. The van der Waals surface area contributed by atoms with Crippen LogP contribution in [0.2, 0.25) is 0 Å². The maximum absolute atomic E-state index is 10.9. The van der Waals surface area contributed by atoms with Crippen molar-refractivity contribution in [2.24, 2.45) is 0 Å². The van der Waals surface area contributed by atoms with Gasteiger partial charge in [0, 0.05) is 6.54 Å². The molecule has 43 valence electrons. The fourth-order valence-corrected chi connectivity index (χ4v) is 0.142. The van der Waals surface area contributed by atoms with Gasteiger partial charge in [-0.25, -0.2) is 5.32 Å². The van der Waals surface area contributed by atoms with Gasteiger partial charge in [-0.3, -0.25) is 0 Å². The Balaban J connectivity index is 3.15. The average Bonchev–Trinajstić information content (AvgIpc) is 1.30. The summed E-state index contributed by atoms with van der Waals surface area (Å²) < 4.78 is 32.7. The Hall–Kier alpha value is -0.250. The minimum atomic E-state index is -4.26. The standard InChI is InChI=1S/C3H5F3N/c1-2-7-3(4,5)6/h7H,1-2H2. The van der Waals surface area contributed by atoms with E-state index in [0.29, 0.717) is 0 Å². The van der Waals surface area contributed by atoms with E-state index in [1.165, 1.54) is 5.32 Å². The second kappa shape index (κ2) is 2.16. The molecule has 1 radical (unpaired) electrons. The summed E-state index contributed by atoms with van der Waals surface area (Å²) in [7, 11) is 0. The third kappa shape index (κ3) is 5.75. The highest BCUT2D eigenvalue weighted by Crippen LogP contribution is 2.07. The fraction of sp³-hybridized carbons (Fsp3) is 0.667. The van der Waals surface area contributed by atoms with E-state index in [-0.39, 0.29) is 6.54 Å². The van der Waals surface area contributed by atoms with Crippen molar-refractivity contribution in [1.82, 2.24) is 5.32 Å². The zero-order chi connectivity index (χ0) is 5.91. The molecule has 4 heteroatoms. The third-order valence-electron chi connectivity index (χ3n) is 0.325. The average molecular weight is 112 g/mol. The Morgan fingerprint density at radius 1 is 1.43 bits per heavy atom. The normalized spacial score (nSPS) is 12.0. The summed E-state index contributed by atoms with van der Waals surface area (Å²) in [6.07, 6.45) is -4.26. The molecule has 1 nitrogen and oxygen atoms in total. The molecule has 0 heterocycles. The van der Waals surface area contributed by atoms with Crippen LogP contribution in [0.4, 0.5) is 13.2 Å². The van der Waals surface area contributed by atoms with Gasteiger partial charge in [-0.1, -0.05) is 0 Å². The van der Waals surface area contributed by atoms with Gasteiger partial charge in [0.1, 0.15) is 0 Å². The lowest BCUT2D eigenvalue weighted by Gasteiger charge is -2.02. The van der Waals surface area contributed by atoms with E-state index < -0.39 is 6.30 Å². The number of nitrogens with one attached hydrogen (secondary N) is 1. The molecule has 0 rings (SSSR count). The van der Waals surface area contributed by atoms with Gasteiger partial charge in [0.25, 0.3) is 0 Å². The van der Waals surface area contributed by atoms with Crippen molar-refractivity contribution >= 4 is 0 Å². The molecule has 0 saturated heterocycles. The first-order valence-corrected chi connectivity index (χ1v) is 1.67. The minimum Gasteiger partial charge on any atom is -0.228 e. The van der Waals surface area contributed by atoms with Gasteiger partial charge in [0.15, 0.2) is 0 Å². The van der Waals surface area contributed by atoms with Crippen molar-refractivity contribution in [3.63, 3.8) is 0 Å². The zero-order valence-corrected chi connectivity index (χ0v) is 3.55. The number of hydrogen-bond acceptors (Lipinski definition) is 1. The SMILES string of the molecule is [CH2]CNC(F)(F)F. The maximum atomic E-state index is 10.9. The zero-order valence-electron chi connectivity index (χ0n) is 3.55. The van der Waals surface area contributed by atoms with Crippen molar-refractivity contribution in [3.05, 3.63) is 6.92 Å². The lowest BCUT2D eigenvalue weighted by Crippen LogP contribution is -2.30. The molecular weight excluding hydrogens is 107 g/mol. The Morgan fingerprint density at radius 3 is 1.86 bits per heavy atom. The molecule has 0 fully saturated rings. The molecule has 7 heavy (non-hydrogen) atoms. The van der Waals surface area contributed by atoms with Crippen molar-refractivity contribution < 1.29 is 13.2 Å². The summed E-state index contributed by atoms with van der Waals surface area (Å²) in [4.78, 5) is 0. The number of halogens is 3. The highest BCUT2D eigenvalue weighted by molar-refractivity contribution is 4.47. The van der Waals surface area contributed by atoms with Crippen LogP contribution in [-0.4, -0.2) is 12.8 Å². The fourth-order valence-electron chi connectivity index (χ4n) is 0.142. The van der Waals surface area contributed by atoms with Crippen LogP contribution < -0.4 is 5.32 Å². The maximum Gasteiger partial charge on any atom is 0.457 e. The number of hydrogen-bond donors (Lipinski definition) is 1. The van der Waals surface area contributed by atoms with E-state index in [0.717, 1.165) is 0 Å². The summed E-state index contributed by atoms with van der Waals surface area (Å²) in [6, 6.07) is 0. The molecule has 0 aromatic heterocycles. The van der Waals surface area contributed by atoms with Gasteiger partial charge >= 0.3 is 6.30 Å². The predicted octanol–water partition coefficient (Wildman–Crippen LogP) is 0.930. The smallest absolute Gasteiger partial charge is 0.228 e. The quantitative estimate of drug-likeness (QED) is 0.497. The molecule has 0 aliphatic carbocycles. The van der Waals surface area contributed by atoms with Gasteiger partial charge in [0.2, 0.25) is 0 Å². The second-order valence-corrected chi connectivity index (χ2v) is 0.925. The van der Waals surface area contributed by atoms with Gasteiger partial charge in [-0.05, 0) is 6.92 Å². The summed E-state index contributed by atoms with van der Waals surface area (Å²) in [5.74, 6) is 0. The highest BCUT2D eigenvalue weighted by atomic mass is 19.4. The van der Waals surface area contributed by atoms with Crippen LogP contribution in [0.3, 0.4) is 0 Å². The predicted molar refractivity (Wildman–Crippen MR) is 19.4 cm³/mol. The van der Waals surface area contributed by atoms with Gasteiger partial charge in [-0.2, -0.15) is 13.2 Å². The highest BCUT2D eigenvalue weighted by Gasteiger charge is 2.24. The molecule has 0 amide bonds. The minimum absolute atomic E-state index is 0.316. The summed E-state index contributed by atoms with van der Waals surface area (Å²) >= 11 is 0. The molecule has 0 unspecified atom stereocenters. The van der Waals surface area contributed by atoms with Crippen LogP contribution in [0, 0.1) is 6.92 Å². The van der Waals surface area contributed by atoms with Crippen LogP contribution in [0.1, 0.15) is 0 Å². The molecule has 0 aromatic carbocycles. The molecular formula is C3H5F3N. The lowest BCUT2D eigenvalue weighted by molar-refractivity contribution is -0.154. The van der Waals surface area contributed by atoms with Crippen LogP contribution in [0.5, 0.6) is 0 Å². The van der Waals surface area contributed by atoms with Gasteiger partial charge in [-0.15, -0.1) is 0 Å². The third-order valence-corrected chi connectivity index (χ3v) is 0.325. The van der Waals surface area contributed by atoms with Gasteiger partial charge in [0.05, 0.1) is 0 Å². The van der Waals surface area contributed by atoms with Crippen LogP contribution >= 0.6 is 0 Å². The lowest BCUT2D eigenvalue weighted by atomic mass is 10.8. The molecule has 0 aliphatic rings. The molecule has 0 aliphatic heterocycles. The second-order valence-electron chi connectivity index (χ2n) is 0.925. The Labute approximate surface area is 39.5 Å². The first kappa shape index (κ1) is 6.75. The molecule has 0 bridgehead atoms. The molecule has 0 saturated carbocycles. The van der Waals surface area contributed by atoms with Gasteiger partial charge < -0.3 is 0 Å². The molecule has 1 N–H and O–H groups in total. The van der Waals surface area contributed by atoms with E-state index >= 15 is 0 Å². The monoisotopic (exact) mass is 112 g/mol. The first-order valence-electron chi connectivity index (χ1n) is 1.67. The first-order chi connectivity index (χ1) is 3.06. The summed E-state index contributed by atoms with van der Waals surface area (Å²) in [6.45, 7) is 2.62. The topological polar surface area (TPSA) is 12.0 Å². The summed E-state index contributed by atoms with van der Waals surface area (Å²) in [5.41, 5.74) is 0. The van der Waals surface area contributed by atoms with E-state index in [1.54, 1.807) is 0 Å². The van der Waals surface area contributed by atoms with E-state index in [1.807, 2.05) is 0 Å². The van der Waals surface area contributed by atoms with E-state index in [4.69, 9.17) is 0 Å². The van der Waals surface area contributed by atoms with Crippen molar-refractivity contribution in [2.45, 2.75) is 6.30 Å². The van der Waals surface area contributed by atoms with Crippen LogP contribution in [0.15, 0.2) is 0 Å². The number of rotatable bonds is 1. The van der Waals surface area contributed by atoms with Crippen molar-refractivity contribution in [1.29, 1.82) is 0 Å². The summed E-state index contributed by atoms with van der Waals surface area (Å²) in [5, 5.41) is 1.17. The largest absolute Gasteiger partial charge is 0.457 e. The van der Waals surface area contributed by atoms with E-state index in [9.17, 15) is 13.2 Å². The van der Waals surface area contributed by atoms with Crippen LogP contribution in [-0.2, 0) is 0 Å². The van der Waals surface area contributed by atoms with E-state index in [2.05, 4.69) is 6.92 Å². The Bertz CT molecular complexity index is 48.6. The van der Waals surface area contributed by atoms with Crippen molar-refractivity contribution in [3.8, 4) is 0 Å². The molecule has 0 atom stereocenters.